The van der Waals surface area contributed by atoms with E-state index in [1.807, 2.05) is 4.90 Å². The van der Waals surface area contributed by atoms with Crippen LogP contribution in [0.3, 0.4) is 0 Å². The second-order valence-electron chi connectivity index (χ2n) is 7.55. The molecule has 3 rings (SSSR count). The predicted octanol–water partition coefficient (Wildman–Crippen LogP) is 2.59. The maximum absolute atomic E-state index is 12.4. The molecular weight excluding hydrogens is 466 g/mol. The quantitative estimate of drug-likeness (QED) is 0.602. The number of thiocarbonyl (C=S) groups is 1. The number of carboxylic acid groups (broad SMARTS) is 1. The molecule has 174 valence electrons. The molecule has 33 heavy (non-hydrogen) atoms. The lowest BCUT2D eigenvalue weighted by Gasteiger charge is -2.34. The summed E-state index contributed by atoms with van der Waals surface area (Å²) >= 11 is 11.4. The molecule has 1 saturated heterocycles. The van der Waals surface area contributed by atoms with Crippen LogP contribution in [-0.4, -0.2) is 70.1 Å². The number of rotatable bonds is 6. The van der Waals surface area contributed by atoms with Crippen molar-refractivity contribution < 1.29 is 24.2 Å². The van der Waals surface area contributed by atoms with Gasteiger partial charge in [-0.25, -0.2) is 4.79 Å². The molecule has 1 atom stereocenters. The minimum absolute atomic E-state index is 0.0415. The molecule has 8 nitrogen and oxygen atoms in total. The van der Waals surface area contributed by atoms with Gasteiger partial charge < -0.3 is 25.0 Å². The van der Waals surface area contributed by atoms with Crippen molar-refractivity contribution in [3.05, 3.63) is 64.7 Å². The monoisotopic (exact) mass is 489 g/mol. The van der Waals surface area contributed by atoms with E-state index in [4.69, 9.17) is 28.6 Å². The lowest BCUT2D eigenvalue weighted by atomic mass is 10.1. The van der Waals surface area contributed by atoms with Gasteiger partial charge in [-0.05, 0) is 42.0 Å². The summed E-state index contributed by atoms with van der Waals surface area (Å²) in [6.07, 6.45) is 0.0866. The lowest BCUT2D eigenvalue weighted by molar-refractivity contribution is -0.139. The van der Waals surface area contributed by atoms with Crippen LogP contribution in [0.4, 0.5) is 0 Å². The third-order valence-corrected chi connectivity index (χ3v) is 5.94. The summed E-state index contributed by atoms with van der Waals surface area (Å²) < 4.78 is 5.75. The fourth-order valence-corrected chi connectivity index (χ4v) is 3.88. The zero-order chi connectivity index (χ0) is 24.0. The first-order chi connectivity index (χ1) is 15.7. The molecule has 0 unspecified atom stereocenters. The largest absolute Gasteiger partial charge is 0.480 e. The number of hydrogen-bond donors (Lipinski definition) is 2. The highest BCUT2D eigenvalue weighted by Gasteiger charge is 2.23. The van der Waals surface area contributed by atoms with Crippen LogP contribution < -0.4 is 10.1 Å². The Morgan fingerprint density at radius 2 is 1.67 bits per heavy atom. The van der Waals surface area contributed by atoms with Crippen LogP contribution in [0.5, 0.6) is 5.75 Å². The molecule has 0 aromatic heterocycles. The van der Waals surface area contributed by atoms with Crippen LogP contribution in [-0.2, 0) is 16.0 Å². The van der Waals surface area contributed by atoms with E-state index in [0.29, 0.717) is 42.7 Å². The first-order valence-electron chi connectivity index (χ1n) is 10.3. The van der Waals surface area contributed by atoms with Crippen LogP contribution in [0.1, 0.15) is 22.8 Å². The molecular formula is C23H24ClN3O5S. The van der Waals surface area contributed by atoms with Crippen molar-refractivity contribution in [1.29, 1.82) is 0 Å². The average molecular weight is 490 g/mol. The Bertz CT molecular complexity index is 1040. The first kappa shape index (κ1) is 24.5. The molecule has 2 aromatic rings. The van der Waals surface area contributed by atoms with E-state index < -0.39 is 17.9 Å². The van der Waals surface area contributed by atoms with Crippen molar-refractivity contribution >= 4 is 46.8 Å². The summed E-state index contributed by atoms with van der Waals surface area (Å²) in [6, 6.07) is 12.2. The normalized spacial score (nSPS) is 14.4. The van der Waals surface area contributed by atoms with E-state index in [2.05, 4.69) is 5.32 Å². The summed E-state index contributed by atoms with van der Waals surface area (Å²) in [6.45, 7) is 3.93. The molecule has 2 N–H and O–H groups in total. The summed E-state index contributed by atoms with van der Waals surface area (Å²) in [5.74, 6) is -1.14. The molecule has 1 heterocycles. The van der Waals surface area contributed by atoms with Crippen molar-refractivity contribution in [3.8, 4) is 5.75 Å². The van der Waals surface area contributed by atoms with Crippen molar-refractivity contribution in [2.45, 2.75) is 19.4 Å². The smallest absolute Gasteiger partial charge is 0.326 e. The molecule has 2 amide bonds. The number of ether oxygens (including phenoxy) is 1. The number of aliphatic carboxylic acids is 1. The highest BCUT2D eigenvalue weighted by atomic mass is 35.5. The first-order valence-corrected chi connectivity index (χ1v) is 11.1. The Labute approximate surface area is 202 Å². The van der Waals surface area contributed by atoms with Gasteiger partial charge in [0.2, 0.25) is 5.91 Å². The molecule has 0 bridgehead atoms. The van der Waals surface area contributed by atoms with Gasteiger partial charge in [0.05, 0.1) is 10.6 Å². The van der Waals surface area contributed by atoms with Crippen LogP contribution in [0.15, 0.2) is 48.5 Å². The van der Waals surface area contributed by atoms with E-state index >= 15 is 0 Å². The number of hydrogen-bond acceptors (Lipinski definition) is 5. The van der Waals surface area contributed by atoms with Crippen LogP contribution in [0.2, 0.25) is 5.02 Å². The molecule has 0 aliphatic carbocycles. The zero-order valence-electron chi connectivity index (χ0n) is 18.0. The fraction of sp³-hybridized carbons (Fsp3) is 0.304. The van der Waals surface area contributed by atoms with Gasteiger partial charge in [0.15, 0.2) is 0 Å². The summed E-state index contributed by atoms with van der Waals surface area (Å²) in [5, 5.41) is 12.6. The van der Waals surface area contributed by atoms with Gasteiger partial charge in [0, 0.05) is 39.5 Å². The summed E-state index contributed by atoms with van der Waals surface area (Å²) in [4.78, 5) is 39.2. The van der Waals surface area contributed by atoms with Crippen molar-refractivity contribution in [2.24, 2.45) is 0 Å². The number of halogens is 1. The molecule has 0 saturated carbocycles. The summed E-state index contributed by atoms with van der Waals surface area (Å²) in [5.41, 5.74) is 0.919. The van der Waals surface area contributed by atoms with E-state index in [-0.39, 0.29) is 22.9 Å². The van der Waals surface area contributed by atoms with Gasteiger partial charge in [-0.2, -0.15) is 0 Å². The third-order valence-electron chi connectivity index (χ3n) is 5.27. The third kappa shape index (κ3) is 6.66. The molecule has 1 aliphatic rings. The Morgan fingerprint density at radius 1 is 1.06 bits per heavy atom. The molecule has 0 radical (unpaired) electrons. The Kier molecular flexibility index (Phi) is 8.24. The number of amides is 2. The molecule has 10 heteroatoms. The minimum Gasteiger partial charge on any atom is -0.480 e. The van der Waals surface area contributed by atoms with Crippen LogP contribution in [0, 0.1) is 0 Å². The van der Waals surface area contributed by atoms with E-state index in [1.165, 1.54) is 6.07 Å². The van der Waals surface area contributed by atoms with E-state index in [0.717, 1.165) is 0 Å². The number of nitrogens with zero attached hydrogens (tertiary/aromatic N) is 2. The number of carbonyl (C=O) groups excluding carboxylic acids is 2. The van der Waals surface area contributed by atoms with E-state index in [1.54, 1.807) is 54.3 Å². The second kappa shape index (κ2) is 11.1. The van der Waals surface area contributed by atoms with Gasteiger partial charge in [0.25, 0.3) is 11.1 Å². The molecule has 1 aliphatic heterocycles. The average Bonchev–Trinajstić information content (AvgIpc) is 2.80. The molecule has 1 fully saturated rings. The van der Waals surface area contributed by atoms with Gasteiger partial charge in [-0.1, -0.05) is 35.9 Å². The number of carboxylic acids is 1. The van der Waals surface area contributed by atoms with Crippen molar-refractivity contribution in [1.82, 2.24) is 15.1 Å². The maximum Gasteiger partial charge on any atom is 0.326 e. The number of carbonyl (C=O) groups is 3. The van der Waals surface area contributed by atoms with Gasteiger partial charge in [0.1, 0.15) is 11.8 Å². The maximum atomic E-state index is 12.4. The van der Waals surface area contributed by atoms with Crippen molar-refractivity contribution in [2.75, 3.05) is 26.2 Å². The molecule has 0 spiro atoms. The fourth-order valence-electron chi connectivity index (χ4n) is 3.38. The Balaban J connectivity index is 1.56. The standard InChI is InChI=1S/C23H24ClN3O5S/c1-15(28)26-10-12-27(13-11-26)23(33)32-17-8-6-16(7-9-17)14-20(22(30)31)25-21(29)18-4-2-3-5-19(18)24/h2-9,20H,10-14H2,1H3,(H,25,29)(H,30,31)/t20-/m0/s1. The minimum atomic E-state index is -1.15. The summed E-state index contributed by atoms with van der Waals surface area (Å²) in [7, 11) is 0. The van der Waals surface area contributed by atoms with Gasteiger partial charge in [-0.15, -0.1) is 0 Å². The molecule has 2 aromatic carbocycles. The second-order valence-corrected chi connectivity index (χ2v) is 8.31. The van der Waals surface area contributed by atoms with Gasteiger partial charge in [-0.3, -0.25) is 9.59 Å². The van der Waals surface area contributed by atoms with Crippen LogP contribution in [0.25, 0.3) is 0 Å². The number of piperazine rings is 1. The van der Waals surface area contributed by atoms with E-state index in [9.17, 15) is 19.5 Å². The number of nitrogens with one attached hydrogen (secondary N) is 1. The zero-order valence-corrected chi connectivity index (χ0v) is 19.6. The lowest BCUT2D eigenvalue weighted by Crippen LogP contribution is -2.50. The van der Waals surface area contributed by atoms with Gasteiger partial charge >= 0.3 is 5.97 Å². The Hall–Kier alpha value is -3.17. The number of benzene rings is 2. The van der Waals surface area contributed by atoms with Crippen LogP contribution >= 0.6 is 23.8 Å². The topological polar surface area (TPSA) is 99.2 Å². The Morgan fingerprint density at radius 3 is 2.24 bits per heavy atom. The predicted molar refractivity (Wildman–Crippen MR) is 128 cm³/mol. The SMILES string of the molecule is CC(=O)N1CCN(C(=S)Oc2ccc(C[C@H](NC(=O)c3ccccc3Cl)C(=O)O)cc2)CC1. The highest BCUT2D eigenvalue weighted by molar-refractivity contribution is 7.80. The van der Waals surface area contributed by atoms with Crippen molar-refractivity contribution in [3.63, 3.8) is 0 Å². The highest BCUT2D eigenvalue weighted by Crippen LogP contribution is 2.17.